The smallest absolute Gasteiger partial charge is 0.221 e. The van der Waals surface area contributed by atoms with Gasteiger partial charge in [0.05, 0.1) is 0 Å². The van der Waals surface area contributed by atoms with Crippen molar-refractivity contribution in [1.82, 2.24) is 14.9 Å². The van der Waals surface area contributed by atoms with Crippen LogP contribution in [0.1, 0.15) is 13.8 Å². The molecule has 1 aliphatic heterocycles. The molecule has 1 aliphatic rings. The van der Waals surface area contributed by atoms with Crippen LogP contribution in [0.4, 0.5) is 11.8 Å². The Kier molecular flexibility index (Phi) is 3.24. The zero-order valence-corrected chi connectivity index (χ0v) is 9.93. The molecule has 2 heterocycles. The zero-order valence-electron chi connectivity index (χ0n) is 9.93. The summed E-state index contributed by atoms with van der Waals surface area (Å²) in [4.78, 5) is 12.8. The lowest BCUT2D eigenvalue weighted by atomic mass is 10.1. The van der Waals surface area contributed by atoms with Crippen molar-refractivity contribution < 1.29 is 0 Å². The molecule has 88 valence electrons. The van der Waals surface area contributed by atoms with Crippen LogP contribution in [0, 0.1) is 0 Å². The highest BCUT2D eigenvalue weighted by Crippen LogP contribution is 2.21. The van der Waals surface area contributed by atoms with Crippen molar-refractivity contribution in [1.29, 1.82) is 0 Å². The van der Waals surface area contributed by atoms with E-state index in [1.807, 2.05) is 6.07 Å². The molecule has 0 saturated carbocycles. The third-order valence-corrected chi connectivity index (χ3v) is 3.17. The summed E-state index contributed by atoms with van der Waals surface area (Å²) in [5.41, 5.74) is 5.56. The van der Waals surface area contributed by atoms with Gasteiger partial charge in [-0.15, -0.1) is 0 Å². The average molecular weight is 221 g/mol. The van der Waals surface area contributed by atoms with Gasteiger partial charge in [-0.2, -0.15) is 4.98 Å². The van der Waals surface area contributed by atoms with Crippen molar-refractivity contribution >= 4 is 11.8 Å². The minimum absolute atomic E-state index is 0.351. The number of nitrogens with zero attached hydrogens (tertiary/aromatic N) is 4. The first-order valence-corrected chi connectivity index (χ1v) is 5.82. The molecule has 2 rings (SSSR count). The summed E-state index contributed by atoms with van der Waals surface area (Å²) in [5.74, 6) is 1.29. The molecule has 2 N–H and O–H groups in total. The average Bonchev–Trinajstić information content (AvgIpc) is 2.22. The van der Waals surface area contributed by atoms with Gasteiger partial charge in [-0.25, -0.2) is 4.98 Å². The van der Waals surface area contributed by atoms with Crippen molar-refractivity contribution in [3.63, 3.8) is 0 Å². The molecule has 1 aromatic heterocycles. The van der Waals surface area contributed by atoms with Gasteiger partial charge in [0.25, 0.3) is 0 Å². The Morgan fingerprint density at radius 1 is 1.44 bits per heavy atom. The second-order valence-electron chi connectivity index (χ2n) is 4.05. The van der Waals surface area contributed by atoms with E-state index in [0.717, 1.165) is 32.0 Å². The van der Waals surface area contributed by atoms with Crippen molar-refractivity contribution in [2.75, 3.05) is 36.8 Å². The summed E-state index contributed by atoms with van der Waals surface area (Å²) in [5, 5.41) is 0. The van der Waals surface area contributed by atoms with Crippen LogP contribution >= 0.6 is 0 Å². The fourth-order valence-corrected chi connectivity index (χ4v) is 2.15. The lowest BCUT2D eigenvalue weighted by Gasteiger charge is -2.45. The molecule has 0 radical (unpaired) electrons. The summed E-state index contributed by atoms with van der Waals surface area (Å²) in [6, 6.07) is 2.57. The molecule has 16 heavy (non-hydrogen) atoms. The van der Waals surface area contributed by atoms with Gasteiger partial charge in [-0.05, 0) is 19.2 Å². The van der Waals surface area contributed by atoms with E-state index in [9.17, 15) is 0 Å². The highest BCUT2D eigenvalue weighted by Gasteiger charge is 2.31. The van der Waals surface area contributed by atoms with Gasteiger partial charge in [0.15, 0.2) is 0 Å². The molecule has 0 aliphatic carbocycles. The summed E-state index contributed by atoms with van der Waals surface area (Å²) >= 11 is 0. The number of likely N-dealkylation sites (N-methyl/N-ethyl adjacent to an activating group) is 1. The summed E-state index contributed by atoms with van der Waals surface area (Å²) in [6.07, 6.45) is 1.71. The van der Waals surface area contributed by atoms with E-state index < -0.39 is 0 Å². The SMILES string of the molecule is CCN(CC)C1CN(c2ccnc(N)n2)C1. The molecular formula is C11H19N5. The number of nitrogen functional groups attached to an aromatic ring is 1. The second kappa shape index (κ2) is 4.65. The molecule has 0 spiro atoms. The molecule has 5 heteroatoms. The molecule has 1 aromatic rings. The monoisotopic (exact) mass is 221 g/mol. The van der Waals surface area contributed by atoms with Gasteiger partial charge >= 0.3 is 0 Å². The number of anilines is 2. The first-order valence-electron chi connectivity index (χ1n) is 5.82. The Morgan fingerprint density at radius 3 is 2.69 bits per heavy atom. The lowest BCUT2D eigenvalue weighted by Crippen LogP contribution is -2.59. The van der Waals surface area contributed by atoms with Crippen LogP contribution in [-0.4, -0.2) is 47.1 Å². The minimum atomic E-state index is 0.351. The van der Waals surface area contributed by atoms with E-state index in [0.29, 0.717) is 12.0 Å². The maximum Gasteiger partial charge on any atom is 0.221 e. The van der Waals surface area contributed by atoms with Crippen molar-refractivity contribution in [2.24, 2.45) is 0 Å². The van der Waals surface area contributed by atoms with Gasteiger partial charge in [-0.1, -0.05) is 13.8 Å². The van der Waals surface area contributed by atoms with E-state index in [4.69, 9.17) is 5.73 Å². The molecule has 0 aromatic carbocycles. The molecule has 0 unspecified atom stereocenters. The fourth-order valence-electron chi connectivity index (χ4n) is 2.15. The fraction of sp³-hybridized carbons (Fsp3) is 0.636. The number of aromatic nitrogens is 2. The van der Waals surface area contributed by atoms with Crippen molar-refractivity contribution in [3.05, 3.63) is 12.3 Å². The van der Waals surface area contributed by atoms with Crippen LogP contribution in [0.2, 0.25) is 0 Å². The second-order valence-corrected chi connectivity index (χ2v) is 4.05. The Balaban J connectivity index is 1.93. The van der Waals surface area contributed by atoms with Gasteiger partial charge < -0.3 is 10.6 Å². The zero-order chi connectivity index (χ0) is 11.5. The van der Waals surface area contributed by atoms with E-state index in [1.165, 1.54) is 0 Å². The van der Waals surface area contributed by atoms with E-state index in [-0.39, 0.29) is 0 Å². The van der Waals surface area contributed by atoms with E-state index in [1.54, 1.807) is 6.20 Å². The van der Waals surface area contributed by atoms with E-state index in [2.05, 4.69) is 33.6 Å². The topological polar surface area (TPSA) is 58.3 Å². The molecule has 1 saturated heterocycles. The highest BCUT2D eigenvalue weighted by atomic mass is 15.3. The van der Waals surface area contributed by atoms with Gasteiger partial charge in [0.1, 0.15) is 5.82 Å². The Morgan fingerprint density at radius 2 is 2.12 bits per heavy atom. The van der Waals surface area contributed by atoms with Crippen molar-refractivity contribution in [2.45, 2.75) is 19.9 Å². The predicted octanol–water partition coefficient (Wildman–Crippen LogP) is 0.589. The normalized spacial score (nSPS) is 16.6. The number of hydrogen-bond acceptors (Lipinski definition) is 5. The molecule has 1 fully saturated rings. The van der Waals surface area contributed by atoms with Crippen LogP contribution in [0.5, 0.6) is 0 Å². The highest BCUT2D eigenvalue weighted by molar-refractivity contribution is 5.44. The summed E-state index contributed by atoms with van der Waals surface area (Å²) in [7, 11) is 0. The summed E-state index contributed by atoms with van der Waals surface area (Å²) in [6.45, 7) is 8.71. The van der Waals surface area contributed by atoms with Crippen LogP contribution in [0.3, 0.4) is 0 Å². The molecular weight excluding hydrogens is 202 g/mol. The first kappa shape index (κ1) is 11.1. The third-order valence-electron chi connectivity index (χ3n) is 3.17. The van der Waals surface area contributed by atoms with Crippen LogP contribution in [-0.2, 0) is 0 Å². The maximum atomic E-state index is 5.56. The lowest BCUT2D eigenvalue weighted by molar-refractivity contribution is 0.183. The molecule has 0 bridgehead atoms. The number of nitrogens with two attached hydrogens (primary N) is 1. The predicted molar refractivity (Wildman–Crippen MR) is 65.4 cm³/mol. The standard InChI is InChI=1S/C11H19N5/c1-3-15(4-2)9-7-16(8-9)10-5-6-13-11(12)14-10/h5-6,9H,3-4,7-8H2,1-2H3,(H2,12,13,14). The Labute approximate surface area is 96.3 Å². The quantitative estimate of drug-likeness (QED) is 0.806. The van der Waals surface area contributed by atoms with Crippen LogP contribution < -0.4 is 10.6 Å². The van der Waals surface area contributed by atoms with Gasteiger partial charge in [0.2, 0.25) is 5.95 Å². The first-order chi connectivity index (χ1) is 7.74. The number of rotatable bonds is 4. The molecule has 0 amide bonds. The Hall–Kier alpha value is -1.36. The Bertz CT molecular complexity index is 344. The van der Waals surface area contributed by atoms with Gasteiger partial charge in [0, 0.05) is 25.3 Å². The largest absolute Gasteiger partial charge is 0.368 e. The maximum absolute atomic E-state index is 5.56. The number of hydrogen-bond donors (Lipinski definition) is 1. The van der Waals surface area contributed by atoms with Crippen LogP contribution in [0.15, 0.2) is 12.3 Å². The molecule has 0 atom stereocenters. The van der Waals surface area contributed by atoms with Gasteiger partial charge in [-0.3, -0.25) is 4.90 Å². The minimum Gasteiger partial charge on any atom is -0.368 e. The van der Waals surface area contributed by atoms with Crippen LogP contribution in [0.25, 0.3) is 0 Å². The van der Waals surface area contributed by atoms with E-state index >= 15 is 0 Å². The molecule has 5 nitrogen and oxygen atoms in total. The third kappa shape index (κ3) is 2.09. The van der Waals surface area contributed by atoms with Crippen molar-refractivity contribution in [3.8, 4) is 0 Å². The summed E-state index contributed by atoms with van der Waals surface area (Å²) < 4.78 is 0.